The zero-order valence-corrected chi connectivity index (χ0v) is 19.1. The van der Waals surface area contributed by atoms with E-state index in [1.165, 1.54) is 21.3 Å². The molecule has 2 heterocycles. The number of amides is 4. The first kappa shape index (κ1) is 22.9. The van der Waals surface area contributed by atoms with Crippen molar-refractivity contribution in [1.82, 2.24) is 19.4 Å². The molecule has 0 saturated carbocycles. The number of piperazine rings is 1. The quantitative estimate of drug-likeness (QED) is 0.642. The van der Waals surface area contributed by atoms with Crippen molar-refractivity contribution in [1.29, 1.82) is 0 Å². The van der Waals surface area contributed by atoms with Crippen LogP contribution in [0.3, 0.4) is 0 Å². The van der Waals surface area contributed by atoms with Gasteiger partial charge in [0.15, 0.2) is 0 Å². The minimum Gasteiger partial charge on any atom is -0.338 e. The third-order valence-corrected chi connectivity index (χ3v) is 8.15. The second-order valence-electron chi connectivity index (χ2n) is 8.04. The average molecular weight is 471 g/mol. The Bertz CT molecular complexity index is 1150. The Morgan fingerprint density at radius 2 is 1.52 bits per heavy atom. The summed E-state index contributed by atoms with van der Waals surface area (Å²) in [4.78, 5) is 41.4. The summed E-state index contributed by atoms with van der Waals surface area (Å²) in [6.07, 6.45) is 0.350. The predicted octanol–water partition coefficient (Wildman–Crippen LogP) is 1.38. The molecule has 0 aliphatic carbocycles. The molecule has 10 heteroatoms. The van der Waals surface area contributed by atoms with E-state index in [0.717, 1.165) is 4.90 Å². The maximum Gasteiger partial charge on any atom is 0.325 e. The predicted molar refractivity (Wildman–Crippen MR) is 120 cm³/mol. The van der Waals surface area contributed by atoms with Gasteiger partial charge in [-0.1, -0.05) is 55.5 Å². The van der Waals surface area contributed by atoms with Crippen molar-refractivity contribution in [3.8, 4) is 0 Å². The zero-order valence-electron chi connectivity index (χ0n) is 18.3. The molecule has 2 aliphatic rings. The van der Waals surface area contributed by atoms with Gasteiger partial charge in [0.1, 0.15) is 12.1 Å². The highest BCUT2D eigenvalue weighted by molar-refractivity contribution is 7.89. The van der Waals surface area contributed by atoms with Gasteiger partial charge in [-0.2, -0.15) is 4.31 Å². The summed E-state index contributed by atoms with van der Waals surface area (Å²) in [6.45, 7) is 2.09. The molecule has 0 unspecified atom stereocenters. The number of nitrogens with one attached hydrogen (secondary N) is 1. The lowest BCUT2D eigenvalue weighted by Gasteiger charge is -2.34. The number of benzene rings is 2. The highest BCUT2D eigenvalue weighted by atomic mass is 32.2. The molecule has 0 spiro atoms. The summed E-state index contributed by atoms with van der Waals surface area (Å²) in [5.74, 6) is -0.852. The molecule has 1 atom stereocenters. The molecule has 1 N–H and O–H groups in total. The molecular weight excluding hydrogens is 444 g/mol. The fourth-order valence-electron chi connectivity index (χ4n) is 4.29. The molecular formula is C23H26N4O5S. The lowest BCUT2D eigenvalue weighted by Crippen LogP contribution is -2.53. The Labute approximate surface area is 193 Å². The number of nitrogens with zero attached hydrogens (tertiary/aromatic N) is 3. The third-order valence-electron chi connectivity index (χ3n) is 6.24. The van der Waals surface area contributed by atoms with Crippen LogP contribution in [0.5, 0.6) is 0 Å². The number of hydrogen-bond acceptors (Lipinski definition) is 5. The summed E-state index contributed by atoms with van der Waals surface area (Å²) >= 11 is 0. The van der Waals surface area contributed by atoms with Gasteiger partial charge < -0.3 is 10.2 Å². The van der Waals surface area contributed by atoms with Crippen LogP contribution < -0.4 is 5.32 Å². The van der Waals surface area contributed by atoms with Crippen molar-refractivity contribution in [3.63, 3.8) is 0 Å². The number of hydrogen-bond donors (Lipinski definition) is 1. The van der Waals surface area contributed by atoms with Gasteiger partial charge in [-0.05, 0) is 24.1 Å². The van der Waals surface area contributed by atoms with E-state index < -0.39 is 33.4 Å². The fraction of sp³-hybridized carbons (Fsp3) is 0.348. The molecule has 0 aromatic heterocycles. The molecule has 2 fully saturated rings. The Kier molecular flexibility index (Phi) is 6.22. The Morgan fingerprint density at radius 3 is 2.09 bits per heavy atom. The van der Waals surface area contributed by atoms with Crippen molar-refractivity contribution in [2.24, 2.45) is 0 Å². The smallest absolute Gasteiger partial charge is 0.325 e. The SMILES string of the molecule is CC[C@@]1(c2ccccc2)NC(=O)N(CC(=O)N2CCN(S(=O)(=O)c3ccccc3)CC2)C1=O. The molecule has 174 valence electrons. The number of sulfonamides is 1. The first-order chi connectivity index (χ1) is 15.8. The highest BCUT2D eigenvalue weighted by Gasteiger charge is 2.51. The van der Waals surface area contributed by atoms with Crippen LogP contribution in [0.4, 0.5) is 4.79 Å². The van der Waals surface area contributed by atoms with Gasteiger partial charge in [0.05, 0.1) is 4.90 Å². The molecule has 33 heavy (non-hydrogen) atoms. The van der Waals surface area contributed by atoms with Gasteiger partial charge in [0.2, 0.25) is 15.9 Å². The number of imide groups is 1. The number of carbonyl (C=O) groups excluding carboxylic acids is 3. The first-order valence-corrected chi connectivity index (χ1v) is 12.3. The van der Waals surface area contributed by atoms with Crippen molar-refractivity contribution in [2.45, 2.75) is 23.8 Å². The average Bonchev–Trinajstić information content (AvgIpc) is 3.10. The number of rotatable bonds is 6. The van der Waals surface area contributed by atoms with Crippen LogP contribution in [0, 0.1) is 0 Å². The molecule has 4 rings (SSSR count). The lowest BCUT2D eigenvalue weighted by molar-refractivity contribution is -0.139. The normalized spacial score (nSPS) is 21.8. The number of carbonyl (C=O) groups is 3. The van der Waals surface area contributed by atoms with E-state index in [2.05, 4.69) is 5.32 Å². The van der Waals surface area contributed by atoms with Crippen molar-refractivity contribution < 1.29 is 22.8 Å². The van der Waals surface area contributed by atoms with Gasteiger partial charge in [-0.15, -0.1) is 0 Å². The largest absolute Gasteiger partial charge is 0.338 e. The minimum atomic E-state index is -3.63. The molecule has 2 aliphatic heterocycles. The Balaban J connectivity index is 1.41. The summed E-state index contributed by atoms with van der Waals surface area (Å²) < 4.78 is 26.9. The second-order valence-corrected chi connectivity index (χ2v) is 9.98. The van der Waals surface area contributed by atoms with Crippen LogP contribution in [-0.4, -0.2) is 73.1 Å². The molecule has 4 amide bonds. The topological polar surface area (TPSA) is 107 Å². The Morgan fingerprint density at radius 1 is 0.939 bits per heavy atom. The van der Waals surface area contributed by atoms with Crippen molar-refractivity contribution in [2.75, 3.05) is 32.7 Å². The van der Waals surface area contributed by atoms with Crippen LogP contribution in [-0.2, 0) is 25.2 Å². The van der Waals surface area contributed by atoms with Crippen molar-refractivity contribution in [3.05, 3.63) is 66.2 Å². The first-order valence-electron chi connectivity index (χ1n) is 10.8. The van der Waals surface area contributed by atoms with Crippen LogP contribution in [0.25, 0.3) is 0 Å². The van der Waals surface area contributed by atoms with E-state index in [1.54, 1.807) is 42.5 Å². The van der Waals surface area contributed by atoms with Gasteiger partial charge in [-0.25, -0.2) is 13.2 Å². The van der Waals surface area contributed by atoms with Gasteiger partial charge in [-0.3, -0.25) is 14.5 Å². The molecule has 0 bridgehead atoms. The zero-order chi connectivity index (χ0) is 23.6. The third kappa shape index (κ3) is 4.11. The standard InChI is InChI=1S/C23H26N4O5S/c1-2-23(18-9-5-3-6-10-18)21(29)27(22(30)24-23)17-20(28)25-13-15-26(16-14-25)33(31,32)19-11-7-4-8-12-19/h3-12H,2,13-17H2,1H3,(H,24,30)/t23-/m0/s1. The molecule has 2 aromatic carbocycles. The maximum absolute atomic E-state index is 13.2. The van der Waals surface area contributed by atoms with E-state index in [1.807, 2.05) is 13.0 Å². The summed E-state index contributed by atoms with van der Waals surface area (Å²) in [6, 6.07) is 16.5. The molecule has 9 nitrogen and oxygen atoms in total. The van der Waals surface area contributed by atoms with Gasteiger partial charge in [0, 0.05) is 26.2 Å². The van der Waals surface area contributed by atoms with Crippen molar-refractivity contribution >= 4 is 27.9 Å². The lowest BCUT2D eigenvalue weighted by atomic mass is 9.87. The van der Waals surface area contributed by atoms with Gasteiger partial charge >= 0.3 is 6.03 Å². The van der Waals surface area contributed by atoms with Gasteiger partial charge in [0.25, 0.3) is 5.91 Å². The summed E-state index contributed by atoms with van der Waals surface area (Å²) in [5, 5.41) is 2.77. The van der Waals surface area contributed by atoms with E-state index in [-0.39, 0.29) is 37.6 Å². The fourth-order valence-corrected chi connectivity index (χ4v) is 5.73. The maximum atomic E-state index is 13.2. The monoisotopic (exact) mass is 470 g/mol. The van der Waals surface area contributed by atoms with Crippen LogP contribution >= 0.6 is 0 Å². The second kappa shape index (κ2) is 8.95. The van der Waals surface area contributed by atoms with E-state index in [0.29, 0.717) is 12.0 Å². The molecule has 2 saturated heterocycles. The number of urea groups is 1. The van der Waals surface area contributed by atoms with Crippen LogP contribution in [0.1, 0.15) is 18.9 Å². The molecule has 2 aromatic rings. The van der Waals surface area contributed by atoms with Crippen LogP contribution in [0.2, 0.25) is 0 Å². The van der Waals surface area contributed by atoms with Crippen LogP contribution in [0.15, 0.2) is 65.6 Å². The highest BCUT2D eigenvalue weighted by Crippen LogP contribution is 2.32. The molecule has 0 radical (unpaired) electrons. The summed E-state index contributed by atoms with van der Waals surface area (Å²) in [5.41, 5.74) is -0.526. The van der Waals surface area contributed by atoms with E-state index in [4.69, 9.17) is 0 Å². The van der Waals surface area contributed by atoms with E-state index in [9.17, 15) is 22.8 Å². The Hall–Kier alpha value is -3.24. The van der Waals surface area contributed by atoms with E-state index >= 15 is 0 Å². The minimum absolute atomic E-state index is 0.145. The summed E-state index contributed by atoms with van der Waals surface area (Å²) in [7, 11) is -3.63.